The number of hydrogen-bond acceptors (Lipinski definition) is 4. The fraction of sp³-hybridized carbons (Fsp3) is 0.615. The number of pyridine rings is 1. The highest BCUT2D eigenvalue weighted by atomic mass is 32.2. The molecule has 2 heterocycles. The molecule has 0 bridgehead atoms. The van der Waals surface area contributed by atoms with Gasteiger partial charge in [-0.3, -0.25) is 0 Å². The molecule has 0 radical (unpaired) electrons. The second kappa shape index (κ2) is 6.93. The summed E-state index contributed by atoms with van der Waals surface area (Å²) in [6, 6.07) is 1.11. The van der Waals surface area contributed by atoms with Crippen molar-refractivity contribution in [1.82, 2.24) is 4.98 Å². The Hall–Kier alpha value is -1.04. The van der Waals surface area contributed by atoms with Crippen LogP contribution >= 0.6 is 11.8 Å². The molecule has 1 aromatic rings. The number of nitrogens with one attached hydrogen (secondary N) is 2. The third kappa shape index (κ3) is 3.96. The first-order valence-corrected chi connectivity index (χ1v) is 7.80. The molecule has 6 heteroatoms. The summed E-state index contributed by atoms with van der Waals surface area (Å²) in [6.45, 7) is 2.60. The van der Waals surface area contributed by atoms with Crippen molar-refractivity contribution in [3.05, 3.63) is 17.7 Å². The van der Waals surface area contributed by atoms with Crippen molar-refractivity contribution in [1.29, 1.82) is 0 Å². The molecule has 1 fully saturated rings. The summed E-state index contributed by atoms with van der Waals surface area (Å²) in [5.74, 6) is 1.09. The summed E-state index contributed by atoms with van der Waals surface area (Å²) >= 11 is 1.85. The first-order chi connectivity index (χ1) is 9.20. The van der Waals surface area contributed by atoms with Crippen molar-refractivity contribution in [3.8, 4) is 0 Å². The molecule has 1 aromatic heterocycles. The van der Waals surface area contributed by atoms with Crippen LogP contribution in [-0.4, -0.2) is 29.1 Å². The zero-order chi connectivity index (χ0) is 13.7. The van der Waals surface area contributed by atoms with Crippen molar-refractivity contribution < 1.29 is 8.78 Å². The van der Waals surface area contributed by atoms with Crippen LogP contribution in [0.2, 0.25) is 0 Å². The Bertz CT molecular complexity index is 423. The molecule has 2 N–H and O–H groups in total. The number of aromatic nitrogens is 1. The van der Waals surface area contributed by atoms with Crippen LogP contribution in [0.5, 0.6) is 0 Å². The standard InChI is InChI=1S/C13H19F2N3S/c1-2-5-16-12-10(14)7-11(15)13(18-12)17-9-4-3-6-19-8-9/h7,9H,2-6,8H2,1H3,(H2,16,17,18). The lowest BCUT2D eigenvalue weighted by atomic mass is 10.2. The van der Waals surface area contributed by atoms with Crippen LogP contribution in [0.3, 0.4) is 0 Å². The van der Waals surface area contributed by atoms with Crippen molar-refractivity contribution >= 4 is 23.4 Å². The summed E-state index contributed by atoms with van der Waals surface area (Å²) < 4.78 is 27.2. The van der Waals surface area contributed by atoms with E-state index in [1.807, 2.05) is 18.7 Å². The molecule has 0 amide bonds. The predicted molar refractivity (Wildman–Crippen MR) is 76.9 cm³/mol. The van der Waals surface area contributed by atoms with E-state index in [0.29, 0.717) is 6.54 Å². The topological polar surface area (TPSA) is 37.0 Å². The molecule has 0 aromatic carbocycles. The first-order valence-electron chi connectivity index (χ1n) is 6.65. The Balaban J connectivity index is 2.09. The average Bonchev–Trinajstić information content (AvgIpc) is 2.42. The molecule has 1 aliphatic rings. The lowest BCUT2D eigenvalue weighted by molar-refractivity contribution is 0.573. The number of nitrogens with zero attached hydrogens (tertiary/aromatic N) is 1. The Labute approximate surface area is 116 Å². The van der Waals surface area contributed by atoms with Gasteiger partial charge in [-0.15, -0.1) is 0 Å². The van der Waals surface area contributed by atoms with Gasteiger partial charge in [0.25, 0.3) is 0 Å². The van der Waals surface area contributed by atoms with Gasteiger partial charge in [-0.25, -0.2) is 13.8 Å². The highest BCUT2D eigenvalue weighted by Gasteiger charge is 2.17. The summed E-state index contributed by atoms with van der Waals surface area (Å²) in [5, 5.41) is 5.95. The van der Waals surface area contributed by atoms with Crippen LogP contribution in [0.1, 0.15) is 26.2 Å². The number of anilines is 2. The first kappa shape index (κ1) is 14.4. The minimum Gasteiger partial charge on any atom is -0.368 e. The van der Waals surface area contributed by atoms with Gasteiger partial charge in [0.2, 0.25) is 0 Å². The van der Waals surface area contributed by atoms with Crippen LogP contribution in [0, 0.1) is 11.6 Å². The SMILES string of the molecule is CCCNc1nc(NC2CCCSC2)c(F)cc1F. The molecule has 19 heavy (non-hydrogen) atoms. The summed E-state index contributed by atoms with van der Waals surface area (Å²) in [5.41, 5.74) is 0. The molecule has 0 spiro atoms. The van der Waals surface area contributed by atoms with Gasteiger partial charge in [0.05, 0.1) is 0 Å². The highest BCUT2D eigenvalue weighted by Crippen LogP contribution is 2.24. The van der Waals surface area contributed by atoms with E-state index < -0.39 is 11.6 Å². The van der Waals surface area contributed by atoms with Crippen molar-refractivity contribution in [2.24, 2.45) is 0 Å². The molecule has 106 valence electrons. The van der Waals surface area contributed by atoms with Gasteiger partial charge in [-0.1, -0.05) is 6.92 Å². The van der Waals surface area contributed by atoms with E-state index in [1.54, 1.807) is 0 Å². The predicted octanol–water partition coefficient (Wildman–Crippen LogP) is 3.49. The Morgan fingerprint density at radius 2 is 2.16 bits per heavy atom. The molecule has 0 aliphatic carbocycles. The van der Waals surface area contributed by atoms with E-state index in [-0.39, 0.29) is 17.7 Å². The van der Waals surface area contributed by atoms with E-state index in [4.69, 9.17) is 0 Å². The van der Waals surface area contributed by atoms with E-state index in [9.17, 15) is 8.78 Å². The third-order valence-electron chi connectivity index (χ3n) is 2.97. The molecule has 2 rings (SSSR count). The zero-order valence-corrected chi connectivity index (χ0v) is 11.8. The molecule has 1 saturated heterocycles. The van der Waals surface area contributed by atoms with Gasteiger partial charge in [0.15, 0.2) is 23.3 Å². The second-order valence-electron chi connectivity index (χ2n) is 4.63. The Kier molecular flexibility index (Phi) is 5.24. The van der Waals surface area contributed by atoms with Crippen molar-refractivity contribution in [3.63, 3.8) is 0 Å². The molecule has 3 nitrogen and oxygen atoms in total. The van der Waals surface area contributed by atoms with Gasteiger partial charge >= 0.3 is 0 Å². The molecular formula is C13H19F2N3S. The molecule has 1 aliphatic heterocycles. The minimum atomic E-state index is -0.644. The van der Waals surface area contributed by atoms with Gasteiger partial charge in [-0.2, -0.15) is 11.8 Å². The fourth-order valence-corrected chi connectivity index (χ4v) is 3.06. The maximum atomic E-state index is 13.7. The number of halogens is 2. The van der Waals surface area contributed by atoms with E-state index in [2.05, 4.69) is 15.6 Å². The highest BCUT2D eigenvalue weighted by molar-refractivity contribution is 7.99. The summed E-state index contributed by atoms with van der Waals surface area (Å²) in [4.78, 5) is 4.02. The van der Waals surface area contributed by atoms with Crippen LogP contribution in [0.4, 0.5) is 20.4 Å². The maximum absolute atomic E-state index is 13.7. The van der Waals surface area contributed by atoms with Crippen LogP contribution in [-0.2, 0) is 0 Å². The third-order valence-corrected chi connectivity index (χ3v) is 4.19. The van der Waals surface area contributed by atoms with Gasteiger partial charge < -0.3 is 10.6 Å². The molecule has 0 saturated carbocycles. The normalized spacial score (nSPS) is 19.2. The van der Waals surface area contributed by atoms with Gasteiger partial charge in [-0.05, 0) is 25.0 Å². The Morgan fingerprint density at radius 1 is 1.37 bits per heavy atom. The number of rotatable bonds is 5. The maximum Gasteiger partial charge on any atom is 0.168 e. The average molecular weight is 287 g/mol. The van der Waals surface area contributed by atoms with E-state index in [0.717, 1.165) is 36.8 Å². The van der Waals surface area contributed by atoms with Gasteiger partial charge in [0.1, 0.15) is 0 Å². The lowest BCUT2D eigenvalue weighted by Gasteiger charge is -2.23. The van der Waals surface area contributed by atoms with Crippen LogP contribution in [0.25, 0.3) is 0 Å². The smallest absolute Gasteiger partial charge is 0.168 e. The minimum absolute atomic E-state index is 0.120. The molecular weight excluding hydrogens is 268 g/mol. The zero-order valence-electron chi connectivity index (χ0n) is 11.0. The monoisotopic (exact) mass is 287 g/mol. The second-order valence-corrected chi connectivity index (χ2v) is 5.78. The van der Waals surface area contributed by atoms with Gasteiger partial charge in [0, 0.05) is 24.4 Å². The van der Waals surface area contributed by atoms with E-state index >= 15 is 0 Å². The van der Waals surface area contributed by atoms with E-state index in [1.165, 1.54) is 0 Å². The lowest BCUT2D eigenvalue weighted by Crippen LogP contribution is -2.27. The summed E-state index contributed by atoms with van der Waals surface area (Å²) in [6.07, 6.45) is 2.98. The van der Waals surface area contributed by atoms with Crippen LogP contribution < -0.4 is 10.6 Å². The number of hydrogen-bond donors (Lipinski definition) is 2. The fourth-order valence-electron chi connectivity index (χ4n) is 1.98. The number of thioether (sulfide) groups is 1. The molecule has 1 unspecified atom stereocenters. The van der Waals surface area contributed by atoms with Crippen LogP contribution in [0.15, 0.2) is 6.07 Å². The molecule has 1 atom stereocenters. The quantitative estimate of drug-likeness (QED) is 0.869. The Morgan fingerprint density at radius 3 is 2.84 bits per heavy atom. The van der Waals surface area contributed by atoms with Crippen molar-refractivity contribution in [2.45, 2.75) is 32.2 Å². The van der Waals surface area contributed by atoms with Crippen molar-refractivity contribution in [2.75, 3.05) is 28.7 Å². The summed E-state index contributed by atoms with van der Waals surface area (Å²) in [7, 11) is 0. The largest absolute Gasteiger partial charge is 0.368 e.